The van der Waals surface area contributed by atoms with Crippen LogP contribution in [0.5, 0.6) is 5.75 Å². The van der Waals surface area contributed by atoms with E-state index in [1.54, 1.807) is 0 Å². The number of amides is 1. The highest BCUT2D eigenvalue weighted by atomic mass is 16.5. The molecule has 3 aromatic carbocycles. The molecule has 0 N–H and O–H groups in total. The fraction of sp³-hybridized carbons (Fsp3) is 0.310. The topological polar surface area (TPSA) is 47.4 Å². The Bertz CT molecular complexity index is 1340. The van der Waals surface area contributed by atoms with Gasteiger partial charge in [-0.05, 0) is 74.2 Å². The van der Waals surface area contributed by atoms with Gasteiger partial charge in [-0.15, -0.1) is 0 Å². The molecule has 2 heterocycles. The molecule has 1 amide bonds. The minimum Gasteiger partial charge on any atom is -0.493 e. The van der Waals surface area contributed by atoms with Crippen LogP contribution in [0.1, 0.15) is 41.3 Å². The predicted octanol–water partition coefficient (Wildman–Crippen LogP) is 5.95. The number of rotatable bonds is 7. The average molecular weight is 454 g/mol. The third-order valence-corrected chi connectivity index (χ3v) is 6.61. The zero-order valence-corrected chi connectivity index (χ0v) is 20.1. The minimum atomic E-state index is 0.0698. The number of imidazole rings is 1. The van der Waals surface area contributed by atoms with E-state index in [0.717, 1.165) is 52.4 Å². The lowest BCUT2D eigenvalue weighted by Crippen LogP contribution is -2.24. The summed E-state index contributed by atoms with van der Waals surface area (Å²) in [7, 11) is 0. The maximum absolute atomic E-state index is 12.9. The van der Waals surface area contributed by atoms with Gasteiger partial charge in [0.15, 0.2) is 0 Å². The van der Waals surface area contributed by atoms with Crippen LogP contribution in [-0.2, 0) is 11.3 Å². The third kappa shape index (κ3) is 4.43. The average Bonchev–Trinajstić information content (AvgIpc) is 3.39. The lowest BCUT2D eigenvalue weighted by atomic mass is 10.1. The largest absolute Gasteiger partial charge is 0.493 e. The van der Waals surface area contributed by atoms with Gasteiger partial charge in [-0.2, -0.15) is 0 Å². The highest BCUT2D eigenvalue weighted by Crippen LogP contribution is 2.33. The monoisotopic (exact) mass is 453 g/mol. The Kier molecular flexibility index (Phi) is 6.10. The molecule has 5 rings (SSSR count). The smallest absolute Gasteiger partial charge is 0.227 e. The molecule has 1 atom stereocenters. The molecule has 0 saturated carbocycles. The number of benzene rings is 3. The number of hydrogen-bond acceptors (Lipinski definition) is 3. The summed E-state index contributed by atoms with van der Waals surface area (Å²) in [5.74, 6) is 2.18. The minimum absolute atomic E-state index is 0.0698. The molecule has 1 aromatic heterocycles. The Morgan fingerprint density at radius 2 is 1.79 bits per heavy atom. The van der Waals surface area contributed by atoms with E-state index in [9.17, 15) is 4.79 Å². The Morgan fingerprint density at radius 1 is 0.971 bits per heavy atom. The standard InChI is InChI=1S/C29H31N3O2/c1-20-8-6-9-24(16-20)32-19-23(18-28(32)33)29-30-25-10-4-5-11-26(25)31(29)14-7-15-34-27-17-21(2)12-13-22(27)3/h4-6,8-13,16-17,23H,7,14-15,18-19H2,1-3H3. The van der Waals surface area contributed by atoms with Gasteiger partial charge < -0.3 is 14.2 Å². The van der Waals surface area contributed by atoms with Crippen molar-refractivity contribution < 1.29 is 9.53 Å². The zero-order valence-electron chi connectivity index (χ0n) is 20.1. The molecule has 1 aliphatic rings. The van der Waals surface area contributed by atoms with Gasteiger partial charge in [-0.25, -0.2) is 4.98 Å². The Labute approximate surface area is 201 Å². The van der Waals surface area contributed by atoms with E-state index in [0.29, 0.717) is 19.6 Å². The second kappa shape index (κ2) is 9.34. The first-order chi connectivity index (χ1) is 16.5. The summed E-state index contributed by atoms with van der Waals surface area (Å²) in [6.45, 7) is 8.31. The number of carbonyl (C=O) groups is 1. The number of fused-ring (bicyclic) bond motifs is 1. The van der Waals surface area contributed by atoms with Crippen molar-refractivity contribution >= 4 is 22.6 Å². The fourth-order valence-corrected chi connectivity index (χ4v) is 4.83. The van der Waals surface area contributed by atoms with Gasteiger partial charge in [0, 0.05) is 31.1 Å². The molecule has 4 aromatic rings. The molecule has 34 heavy (non-hydrogen) atoms. The number of carbonyl (C=O) groups excluding carboxylic acids is 1. The predicted molar refractivity (Wildman–Crippen MR) is 137 cm³/mol. The molecule has 1 unspecified atom stereocenters. The van der Waals surface area contributed by atoms with Crippen LogP contribution in [0.3, 0.4) is 0 Å². The van der Waals surface area contributed by atoms with Crippen molar-refractivity contribution in [1.29, 1.82) is 0 Å². The highest BCUT2D eigenvalue weighted by molar-refractivity contribution is 5.96. The number of anilines is 1. The first kappa shape index (κ1) is 22.2. The summed E-state index contributed by atoms with van der Waals surface area (Å²) < 4.78 is 8.39. The van der Waals surface area contributed by atoms with Gasteiger partial charge in [0.2, 0.25) is 5.91 Å². The normalized spacial score (nSPS) is 15.9. The van der Waals surface area contributed by atoms with E-state index in [4.69, 9.17) is 9.72 Å². The summed E-state index contributed by atoms with van der Waals surface area (Å²) >= 11 is 0. The van der Waals surface area contributed by atoms with E-state index >= 15 is 0 Å². The highest BCUT2D eigenvalue weighted by Gasteiger charge is 2.34. The molecule has 5 heteroatoms. The van der Waals surface area contributed by atoms with E-state index in [2.05, 4.69) is 73.9 Å². The molecular weight excluding hydrogens is 422 g/mol. The molecule has 0 bridgehead atoms. The number of nitrogens with zero attached hydrogens (tertiary/aromatic N) is 3. The maximum atomic E-state index is 12.9. The maximum Gasteiger partial charge on any atom is 0.227 e. The molecule has 0 spiro atoms. The van der Waals surface area contributed by atoms with Crippen LogP contribution in [0.2, 0.25) is 0 Å². The van der Waals surface area contributed by atoms with E-state index in [-0.39, 0.29) is 11.8 Å². The molecular formula is C29H31N3O2. The Hall–Kier alpha value is -3.60. The number of hydrogen-bond donors (Lipinski definition) is 0. The van der Waals surface area contributed by atoms with Crippen LogP contribution in [0.4, 0.5) is 5.69 Å². The van der Waals surface area contributed by atoms with Crippen LogP contribution in [0.15, 0.2) is 66.7 Å². The van der Waals surface area contributed by atoms with Crippen LogP contribution in [0.25, 0.3) is 11.0 Å². The quantitative estimate of drug-likeness (QED) is 0.325. The van der Waals surface area contributed by atoms with Gasteiger partial charge in [0.25, 0.3) is 0 Å². The van der Waals surface area contributed by atoms with E-state index in [1.807, 2.05) is 23.1 Å². The lowest BCUT2D eigenvalue weighted by molar-refractivity contribution is -0.117. The third-order valence-electron chi connectivity index (χ3n) is 6.61. The first-order valence-electron chi connectivity index (χ1n) is 12.0. The zero-order chi connectivity index (χ0) is 23.7. The van der Waals surface area contributed by atoms with Crippen LogP contribution in [0, 0.1) is 20.8 Å². The summed E-state index contributed by atoms with van der Waals surface area (Å²) in [6.07, 6.45) is 1.35. The molecule has 1 fully saturated rings. The van der Waals surface area contributed by atoms with Gasteiger partial charge in [0.05, 0.1) is 17.6 Å². The van der Waals surface area contributed by atoms with Crippen molar-refractivity contribution in [1.82, 2.24) is 9.55 Å². The number of para-hydroxylation sites is 2. The van der Waals surface area contributed by atoms with Gasteiger partial charge in [0.1, 0.15) is 11.6 Å². The summed E-state index contributed by atoms with van der Waals surface area (Å²) in [6, 6.07) is 22.7. The van der Waals surface area contributed by atoms with Crippen molar-refractivity contribution in [2.45, 2.75) is 46.1 Å². The molecule has 5 nitrogen and oxygen atoms in total. The number of aryl methyl sites for hydroxylation is 4. The van der Waals surface area contributed by atoms with Gasteiger partial charge in [-0.1, -0.05) is 36.4 Å². The lowest BCUT2D eigenvalue weighted by Gasteiger charge is -2.18. The number of aromatic nitrogens is 2. The number of ether oxygens (including phenoxy) is 1. The van der Waals surface area contributed by atoms with Crippen molar-refractivity contribution in [3.63, 3.8) is 0 Å². The molecule has 174 valence electrons. The van der Waals surface area contributed by atoms with Crippen molar-refractivity contribution in [3.05, 3.63) is 89.2 Å². The molecule has 1 saturated heterocycles. The van der Waals surface area contributed by atoms with E-state index < -0.39 is 0 Å². The van der Waals surface area contributed by atoms with E-state index in [1.165, 1.54) is 5.56 Å². The Morgan fingerprint density at radius 3 is 2.65 bits per heavy atom. The molecule has 1 aliphatic heterocycles. The first-order valence-corrected chi connectivity index (χ1v) is 12.0. The summed E-state index contributed by atoms with van der Waals surface area (Å²) in [4.78, 5) is 19.8. The van der Waals surface area contributed by atoms with Crippen molar-refractivity contribution in [2.24, 2.45) is 0 Å². The van der Waals surface area contributed by atoms with Crippen molar-refractivity contribution in [3.8, 4) is 5.75 Å². The Balaban J connectivity index is 1.35. The second-order valence-corrected chi connectivity index (χ2v) is 9.33. The molecule has 0 radical (unpaired) electrons. The fourth-order valence-electron chi connectivity index (χ4n) is 4.83. The van der Waals surface area contributed by atoms with Crippen LogP contribution in [-0.4, -0.2) is 28.6 Å². The molecule has 0 aliphatic carbocycles. The van der Waals surface area contributed by atoms with Crippen molar-refractivity contribution in [2.75, 3.05) is 18.1 Å². The SMILES string of the molecule is Cc1cccc(N2CC(c3nc4ccccc4n3CCCOc3cc(C)ccc3C)CC2=O)c1. The van der Waals surface area contributed by atoms with Crippen LogP contribution < -0.4 is 9.64 Å². The van der Waals surface area contributed by atoms with Gasteiger partial charge >= 0.3 is 0 Å². The van der Waals surface area contributed by atoms with Gasteiger partial charge in [-0.3, -0.25) is 4.79 Å². The summed E-state index contributed by atoms with van der Waals surface area (Å²) in [5, 5.41) is 0. The second-order valence-electron chi connectivity index (χ2n) is 9.33. The van der Waals surface area contributed by atoms with Crippen LogP contribution >= 0.6 is 0 Å². The summed E-state index contributed by atoms with van der Waals surface area (Å²) in [5.41, 5.74) is 6.58.